The molecule has 0 radical (unpaired) electrons. The molecule has 4 aromatic rings. The van der Waals surface area contributed by atoms with Gasteiger partial charge in [-0.15, -0.1) is 0 Å². The number of aryl methyl sites for hydroxylation is 3. The molecule has 0 N–H and O–H groups in total. The van der Waals surface area contributed by atoms with E-state index in [0.29, 0.717) is 0 Å². The molecular weight excluding hydrogens is 398 g/mol. The molecule has 0 amide bonds. The molecule has 2 aliphatic rings. The van der Waals surface area contributed by atoms with Gasteiger partial charge in [-0.3, -0.25) is 0 Å². The predicted octanol–water partition coefficient (Wildman–Crippen LogP) is 7.94. The van der Waals surface area contributed by atoms with Crippen LogP contribution in [-0.2, 0) is 13.5 Å². The largest absolute Gasteiger partial charge is 0.220 e. The fraction of sp³-hybridized carbons (Fsp3) is 0.406. The summed E-state index contributed by atoms with van der Waals surface area (Å²) in [7, 11) is 2.18. The normalized spacial score (nSPS) is 22.7. The van der Waals surface area contributed by atoms with Gasteiger partial charge in [0.1, 0.15) is 7.05 Å². The molecule has 1 heteroatoms. The van der Waals surface area contributed by atoms with Crippen LogP contribution < -0.4 is 4.57 Å². The van der Waals surface area contributed by atoms with E-state index in [9.17, 15) is 0 Å². The number of hydrogen-bond donors (Lipinski definition) is 0. The Morgan fingerprint density at radius 3 is 2.36 bits per heavy atom. The van der Waals surface area contributed by atoms with Gasteiger partial charge in [0.05, 0.1) is 10.9 Å². The van der Waals surface area contributed by atoms with Crippen molar-refractivity contribution in [2.45, 2.75) is 58.3 Å². The quantitative estimate of drug-likeness (QED) is 0.287. The van der Waals surface area contributed by atoms with Crippen LogP contribution in [-0.4, -0.2) is 0 Å². The smallest absolute Gasteiger partial charge is 0.200 e. The first-order valence-electron chi connectivity index (χ1n) is 13.0. The fourth-order valence-electron chi connectivity index (χ4n) is 7.00. The molecule has 1 heterocycles. The van der Waals surface area contributed by atoms with Gasteiger partial charge in [-0.1, -0.05) is 61.7 Å². The van der Waals surface area contributed by atoms with E-state index in [-0.39, 0.29) is 0 Å². The maximum absolute atomic E-state index is 2.46. The van der Waals surface area contributed by atoms with Gasteiger partial charge in [0, 0.05) is 6.07 Å². The summed E-state index contributed by atoms with van der Waals surface area (Å²) in [5.74, 6) is 3.02. The zero-order valence-corrected chi connectivity index (χ0v) is 20.2. The number of nitrogens with zero attached hydrogens (tertiary/aromatic N) is 1. The van der Waals surface area contributed by atoms with Crippen LogP contribution in [0.25, 0.3) is 32.8 Å². The molecule has 1 aromatic heterocycles. The van der Waals surface area contributed by atoms with Gasteiger partial charge in [0.2, 0.25) is 5.69 Å². The van der Waals surface area contributed by atoms with Gasteiger partial charge >= 0.3 is 0 Å². The van der Waals surface area contributed by atoms with Crippen LogP contribution >= 0.6 is 0 Å². The molecule has 0 aliphatic heterocycles. The third kappa shape index (κ3) is 4.07. The van der Waals surface area contributed by atoms with Crippen molar-refractivity contribution in [3.63, 3.8) is 0 Å². The number of pyridine rings is 1. The summed E-state index contributed by atoms with van der Waals surface area (Å²) in [6.45, 7) is 2.24. The first-order chi connectivity index (χ1) is 16.1. The van der Waals surface area contributed by atoms with Crippen LogP contribution in [0.5, 0.6) is 0 Å². The zero-order chi connectivity index (χ0) is 22.4. The summed E-state index contributed by atoms with van der Waals surface area (Å²) in [5, 5.41) is 5.35. The van der Waals surface area contributed by atoms with Crippen LogP contribution in [0.15, 0.2) is 66.9 Å². The topological polar surface area (TPSA) is 3.88 Å². The van der Waals surface area contributed by atoms with Crippen LogP contribution in [0.2, 0.25) is 0 Å². The highest BCUT2D eigenvalue weighted by atomic mass is 14.9. The van der Waals surface area contributed by atoms with E-state index < -0.39 is 0 Å². The van der Waals surface area contributed by atoms with Crippen molar-refractivity contribution >= 4 is 21.5 Å². The monoisotopic (exact) mass is 434 g/mol. The Hall–Kier alpha value is -2.67. The zero-order valence-electron chi connectivity index (χ0n) is 20.2. The molecule has 0 saturated heterocycles. The summed E-state index contributed by atoms with van der Waals surface area (Å²) in [6.07, 6.45) is 13.8. The predicted molar refractivity (Wildman–Crippen MR) is 139 cm³/mol. The SMILES string of the molecule is Cc1cc2ccccc2cc1-c1c2ccc(CCC3CC4CCCC(C4)C3)cc2cc[n+]1C. The van der Waals surface area contributed by atoms with Crippen molar-refractivity contribution in [3.8, 4) is 11.3 Å². The van der Waals surface area contributed by atoms with Gasteiger partial charge in [0.15, 0.2) is 6.20 Å². The summed E-state index contributed by atoms with van der Waals surface area (Å²) in [4.78, 5) is 0. The average Bonchev–Trinajstić information content (AvgIpc) is 2.82. The first-order valence-corrected chi connectivity index (χ1v) is 13.0. The number of fused-ring (bicyclic) bond motifs is 4. The highest BCUT2D eigenvalue weighted by molar-refractivity contribution is 5.97. The average molecular weight is 435 g/mol. The van der Waals surface area contributed by atoms with Crippen molar-refractivity contribution in [2.75, 3.05) is 0 Å². The highest BCUT2D eigenvalue weighted by Gasteiger charge is 2.31. The van der Waals surface area contributed by atoms with E-state index in [2.05, 4.69) is 85.4 Å². The van der Waals surface area contributed by atoms with Crippen LogP contribution in [0, 0.1) is 24.7 Å². The molecule has 33 heavy (non-hydrogen) atoms. The van der Waals surface area contributed by atoms with Crippen LogP contribution in [0.4, 0.5) is 0 Å². The van der Waals surface area contributed by atoms with Crippen LogP contribution in [0.3, 0.4) is 0 Å². The van der Waals surface area contributed by atoms with Crippen LogP contribution in [0.1, 0.15) is 56.1 Å². The summed E-state index contributed by atoms with van der Waals surface area (Å²) < 4.78 is 2.29. The summed E-state index contributed by atoms with van der Waals surface area (Å²) in [6, 6.07) is 22.9. The molecule has 3 aromatic carbocycles. The van der Waals surface area contributed by atoms with Gasteiger partial charge in [-0.25, -0.2) is 4.57 Å². The lowest BCUT2D eigenvalue weighted by Crippen LogP contribution is -2.30. The summed E-state index contributed by atoms with van der Waals surface area (Å²) in [5.41, 5.74) is 5.50. The van der Waals surface area contributed by atoms with Crippen molar-refractivity contribution < 1.29 is 4.57 Å². The van der Waals surface area contributed by atoms with E-state index in [4.69, 9.17) is 0 Å². The molecular formula is C32H36N+. The molecule has 2 atom stereocenters. The molecule has 6 rings (SSSR count). The lowest BCUT2D eigenvalue weighted by molar-refractivity contribution is -0.659. The number of hydrogen-bond acceptors (Lipinski definition) is 0. The standard InChI is InChI=1S/C32H36N/c1-22-16-27-8-3-4-9-28(27)21-31(22)32-30-13-12-23(20-29(30)14-15-33(32)2)10-11-26-18-24-6-5-7-25(17-24)19-26/h3-4,8-9,12-16,20-21,24-26H,5-7,10-11,17-19H2,1-2H3/q+1. The third-order valence-electron chi connectivity index (χ3n) is 8.62. The van der Waals surface area contributed by atoms with Gasteiger partial charge in [-0.05, 0) is 96.2 Å². The second-order valence-electron chi connectivity index (χ2n) is 11.0. The molecule has 2 aliphatic carbocycles. The maximum atomic E-state index is 2.46. The lowest BCUT2D eigenvalue weighted by Gasteiger charge is -2.39. The third-order valence-corrected chi connectivity index (χ3v) is 8.62. The van der Waals surface area contributed by atoms with Crippen molar-refractivity contribution in [3.05, 3.63) is 78.0 Å². The minimum atomic E-state index is 0.953. The summed E-state index contributed by atoms with van der Waals surface area (Å²) >= 11 is 0. The van der Waals surface area contributed by atoms with Crippen molar-refractivity contribution in [1.29, 1.82) is 0 Å². The molecule has 1 nitrogen and oxygen atoms in total. The van der Waals surface area contributed by atoms with E-state index in [0.717, 1.165) is 17.8 Å². The molecule has 2 unspecified atom stereocenters. The maximum Gasteiger partial charge on any atom is 0.220 e. The second-order valence-corrected chi connectivity index (χ2v) is 11.0. The molecule has 0 spiro atoms. The Morgan fingerprint density at radius 2 is 1.58 bits per heavy atom. The van der Waals surface area contributed by atoms with Gasteiger partial charge < -0.3 is 0 Å². The highest BCUT2D eigenvalue weighted by Crippen LogP contribution is 2.44. The molecule has 2 fully saturated rings. The van der Waals surface area contributed by atoms with E-state index in [1.807, 2.05) is 0 Å². The van der Waals surface area contributed by atoms with E-state index >= 15 is 0 Å². The Bertz CT molecular complexity index is 1310. The Kier molecular flexibility index (Phi) is 5.45. The Balaban J connectivity index is 1.30. The minimum absolute atomic E-state index is 0.953. The van der Waals surface area contributed by atoms with Crippen molar-refractivity contribution in [2.24, 2.45) is 24.8 Å². The molecule has 2 saturated carbocycles. The number of benzene rings is 3. The number of aromatic nitrogens is 1. The first kappa shape index (κ1) is 20.9. The Morgan fingerprint density at radius 1 is 0.818 bits per heavy atom. The van der Waals surface area contributed by atoms with Gasteiger partial charge in [0.25, 0.3) is 0 Å². The van der Waals surface area contributed by atoms with Gasteiger partial charge in [-0.2, -0.15) is 0 Å². The lowest BCUT2D eigenvalue weighted by atomic mass is 9.67. The fourth-order valence-corrected chi connectivity index (χ4v) is 7.00. The number of rotatable bonds is 4. The van der Waals surface area contributed by atoms with E-state index in [1.165, 1.54) is 95.3 Å². The second kappa shape index (κ2) is 8.60. The molecule has 168 valence electrons. The van der Waals surface area contributed by atoms with E-state index in [1.54, 1.807) is 0 Å². The molecule has 2 bridgehead atoms. The Labute approximate surface area is 198 Å². The minimum Gasteiger partial charge on any atom is -0.200 e. The van der Waals surface area contributed by atoms with Crippen molar-refractivity contribution in [1.82, 2.24) is 0 Å².